The summed E-state index contributed by atoms with van der Waals surface area (Å²) < 4.78 is 12.9. The largest absolute Gasteiger partial charge is 0.312 e. The van der Waals surface area contributed by atoms with Gasteiger partial charge in [-0.3, -0.25) is 0 Å². The lowest BCUT2D eigenvalue weighted by Crippen LogP contribution is -2.18. The molecule has 0 aliphatic carbocycles. The molecule has 0 radical (unpaired) electrons. The second kappa shape index (κ2) is 7.11. The van der Waals surface area contributed by atoms with E-state index in [1.807, 2.05) is 26.1 Å². The maximum atomic E-state index is 12.9. The number of benzene rings is 2. The van der Waals surface area contributed by atoms with Gasteiger partial charge >= 0.3 is 0 Å². The van der Waals surface area contributed by atoms with E-state index in [2.05, 4.69) is 11.4 Å². The van der Waals surface area contributed by atoms with Gasteiger partial charge in [0.05, 0.1) is 0 Å². The molecule has 2 aromatic carbocycles. The fraction of sp³-hybridized carbons (Fsp3) is 0.250. The summed E-state index contributed by atoms with van der Waals surface area (Å²) in [7, 11) is 1.93. The van der Waals surface area contributed by atoms with Crippen molar-refractivity contribution >= 4 is 23.4 Å². The molecule has 0 fully saturated rings. The van der Waals surface area contributed by atoms with Crippen molar-refractivity contribution < 1.29 is 4.39 Å². The van der Waals surface area contributed by atoms with Gasteiger partial charge in [-0.05, 0) is 55.4 Å². The van der Waals surface area contributed by atoms with Gasteiger partial charge in [0.25, 0.3) is 0 Å². The van der Waals surface area contributed by atoms with Crippen LogP contribution in [0.1, 0.15) is 17.2 Å². The third-order valence-electron chi connectivity index (χ3n) is 3.18. The van der Waals surface area contributed by atoms with Gasteiger partial charge in [-0.15, -0.1) is 11.8 Å². The van der Waals surface area contributed by atoms with E-state index in [9.17, 15) is 4.39 Å². The van der Waals surface area contributed by atoms with Crippen LogP contribution in [-0.4, -0.2) is 12.8 Å². The number of nitrogens with one attached hydrogen (secondary N) is 1. The van der Waals surface area contributed by atoms with Crippen LogP contribution in [0.2, 0.25) is 5.02 Å². The minimum atomic E-state index is -0.204. The predicted molar refractivity (Wildman–Crippen MR) is 85.1 cm³/mol. The second-order valence-corrected chi connectivity index (χ2v) is 6.12. The van der Waals surface area contributed by atoms with E-state index in [-0.39, 0.29) is 11.9 Å². The highest BCUT2D eigenvalue weighted by Gasteiger charge is 2.11. The maximum Gasteiger partial charge on any atom is 0.123 e. The Balaban J connectivity index is 2.05. The lowest BCUT2D eigenvalue weighted by Gasteiger charge is -2.17. The number of hydrogen-bond acceptors (Lipinski definition) is 2. The van der Waals surface area contributed by atoms with E-state index in [0.717, 1.165) is 26.8 Å². The Labute approximate surface area is 128 Å². The van der Waals surface area contributed by atoms with Crippen LogP contribution in [0.5, 0.6) is 0 Å². The molecule has 2 rings (SSSR count). The van der Waals surface area contributed by atoms with Gasteiger partial charge < -0.3 is 5.32 Å². The van der Waals surface area contributed by atoms with Gasteiger partial charge in [0.1, 0.15) is 5.82 Å². The van der Waals surface area contributed by atoms with Crippen molar-refractivity contribution in [2.45, 2.75) is 17.9 Å². The summed E-state index contributed by atoms with van der Waals surface area (Å²) in [6, 6.07) is 12.9. The zero-order valence-corrected chi connectivity index (χ0v) is 13.1. The van der Waals surface area contributed by atoms with E-state index in [1.54, 1.807) is 23.9 Å². The SMILES string of the molecule is CNC(CSc1ccc(F)cc1)c1ccc(C)c(Cl)c1. The summed E-state index contributed by atoms with van der Waals surface area (Å²) in [6.07, 6.45) is 0. The Morgan fingerprint density at radius 3 is 2.50 bits per heavy atom. The minimum absolute atomic E-state index is 0.204. The molecule has 0 aromatic heterocycles. The summed E-state index contributed by atoms with van der Waals surface area (Å²) >= 11 is 7.87. The Hall–Kier alpha value is -1.03. The molecule has 0 spiro atoms. The lowest BCUT2D eigenvalue weighted by atomic mass is 10.1. The van der Waals surface area contributed by atoms with Crippen LogP contribution < -0.4 is 5.32 Å². The molecule has 0 aliphatic rings. The minimum Gasteiger partial charge on any atom is -0.312 e. The zero-order valence-electron chi connectivity index (χ0n) is 11.5. The Kier molecular flexibility index (Phi) is 5.46. The predicted octanol–water partition coefficient (Wildman–Crippen LogP) is 4.84. The number of rotatable bonds is 5. The van der Waals surface area contributed by atoms with Crippen molar-refractivity contribution in [2.24, 2.45) is 0 Å². The number of hydrogen-bond donors (Lipinski definition) is 1. The average molecular weight is 310 g/mol. The van der Waals surface area contributed by atoms with Gasteiger partial charge in [-0.2, -0.15) is 0 Å². The van der Waals surface area contributed by atoms with E-state index in [0.29, 0.717) is 0 Å². The number of aryl methyl sites for hydroxylation is 1. The van der Waals surface area contributed by atoms with Crippen LogP contribution in [-0.2, 0) is 0 Å². The van der Waals surface area contributed by atoms with Crippen molar-refractivity contribution in [1.29, 1.82) is 0 Å². The molecule has 0 saturated carbocycles. The first-order chi connectivity index (χ1) is 9.60. The molecule has 1 N–H and O–H groups in total. The fourth-order valence-corrected chi connectivity index (χ4v) is 3.12. The van der Waals surface area contributed by atoms with Gasteiger partial charge in [-0.1, -0.05) is 23.7 Å². The maximum absolute atomic E-state index is 12.9. The molecule has 1 unspecified atom stereocenters. The van der Waals surface area contributed by atoms with Crippen LogP contribution in [0.25, 0.3) is 0 Å². The van der Waals surface area contributed by atoms with Gasteiger partial charge in [-0.25, -0.2) is 4.39 Å². The van der Waals surface area contributed by atoms with Crippen LogP contribution in [0.4, 0.5) is 4.39 Å². The molecule has 0 bridgehead atoms. The molecule has 2 aromatic rings. The quantitative estimate of drug-likeness (QED) is 0.793. The first-order valence-electron chi connectivity index (χ1n) is 6.42. The molecule has 1 nitrogen and oxygen atoms in total. The summed E-state index contributed by atoms with van der Waals surface area (Å²) in [5.74, 6) is 0.659. The zero-order chi connectivity index (χ0) is 14.5. The first kappa shape index (κ1) is 15.4. The normalized spacial score (nSPS) is 12.4. The van der Waals surface area contributed by atoms with Crippen LogP contribution in [0.3, 0.4) is 0 Å². The standard InChI is InChI=1S/C16H17ClFNS/c1-11-3-4-12(9-15(11)17)16(19-2)10-20-14-7-5-13(18)6-8-14/h3-9,16,19H,10H2,1-2H3. The third-order valence-corrected chi connectivity index (χ3v) is 4.69. The molecule has 0 saturated heterocycles. The molecule has 20 heavy (non-hydrogen) atoms. The molecule has 0 amide bonds. The topological polar surface area (TPSA) is 12.0 Å². The van der Waals surface area contributed by atoms with Crippen molar-refractivity contribution in [2.75, 3.05) is 12.8 Å². The highest BCUT2D eigenvalue weighted by molar-refractivity contribution is 7.99. The number of thioether (sulfide) groups is 1. The van der Waals surface area contributed by atoms with Crippen molar-refractivity contribution in [3.05, 3.63) is 64.4 Å². The van der Waals surface area contributed by atoms with Gasteiger partial charge in [0.2, 0.25) is 0 Å². The molecule has 106 valence electrons. The summed E-state index contributed by atoms with van der Waals surface area (Å²) in [5, 5.41) is 4.08. The Morgan fingerprint density at radius 2 is 1.90 bits per heavy atom. The Morgan fingerprint density at radius 1 is 1.20 bits per heavy atom. The molecule has 1 atom stereocenters. The monoisotopic (exact) mass is 309 g/mol. The molecule has 0 aliphatic heterocycles. The van der Waals surface area contributed by atoms with Crippen LogP contribution >= 0.6 is 23.4 Å². The van der Waals surface area contributed by atoms with E-state index < -0.39 is 0 Å². The van der Waals surface area contributed by atoms with Crippen molar-refractivity contribution in [1.82, 2.24) is 5.32 Å². The molecular weight excluding hydrogens is 293 g/mol. The second-order valence-electron chi connectivity index (χ2n) is 4.61. The van der Waals surface area contributed by atoms with E-state index in [1.165, 1.54) is 12.1 Å². The number of halogens is 2. The summed E-state index contributed by atoms with van der Waals surface area (Å²) in [6.45, 7) is 1.99. The highest BCUT2D eigenvalue weighted by Crippen LogP contribution is 2.27. The van der Waals surface area contributed by atoms with Gasteiger partial charge in [0.15, 0.2) is 0 Å². The Bertz CT molecular complexity index is 571. The lowest BCUT2D eigenvalue weighted by molar-refractivity contribution is 0.626. The van der Waals surface area contributed by atoms with Crippen molar-refractivity contribution in [3.63, 3.8) is 0 Å². The van der Waals surface area contributed by atoms with E-state index in [4.69, 9.17) is 11.6 Å². The summed E-state index contributed by atoms with van der Waals surface area (Å²) in [4.78, 5) is 1.06. The molecule has 0 heterocycles. The fourth-order valence-electron chi connectivity index (χ4n) is 1.88. The van der Waals surface area contributed by atoms with Crippen LogP contribution in [0, 0.1) is 12.7 Å². The molecular formula is C16H17ClFNS. The summed E-state index contributed by atoms with van der Waals surface area (Å²) in [5.41, 5.74) is 2.24. The van der Waals surface area contributed by atoms with Crippen molar-refractivity contribution in [3.8, 4) is 0 Å². The smallest absolute Gasteiger partial charge is 0.123 e. The third kappa shape index (κ3) is 3.98. The molecule has 4 heteroatoms. The first-order valence-corrected chi connectivity index (χ1v) is 7.78. The van der Waals surface area contributed by atoms with E-state index >= 15 is 0 Å². The van der Waals surface area contributed by atoms with Crippen LogP contribution in [0.15, 0.2) is 47.4 Å². The average Bonchev–Trinajstić information content (AvgIpc) is 2.45. The highest BCUT2D eigenvalue weighted by atomic mass is 35.5. The van der Waals surface area contributed by atoms with Gasteiger partial charge in [0, 0.05) is 21.7 Å².